The van der Waals surface area contributed by atoms with Gasteiger partial charge in [-0.25, -0.2) is 4.39 Å². The molecule has 0 spiro atoms. The molecule has 1 heterocycles. The van der Waals surface area contributed by atoms with Crippen molar-refractivity contribution in [3.8, 4) is 11.5 Å². The van der Waals surface area contributed by atoms with E-state index in [2.05, 4.69) is 5.10 Å². The van der Waals surface area contributed by atoms with Crippen LogP contribution in [-0.4, -0.2) is 18.7 Å². The summed E-state index contributed by atoms with van der Waals surface area (Å²) in [5.74, 6) is 0.547. The van der Waals surface area contributed by atoms with Gasteiger partial charge in [-0.15, -0.1) is 0 Å². The molecule has 3 aromatic rings. The van der Waals surface area contributed by atoms with Gasteiger partial charge in [0.25, 0.3) is 5.91 Å². The number of rotatable bonds is 6. The van der Waals surface area contributed by atoms with Gasteiger partial charge in [0.15, 0.2) is 11.5 Å². The van der Waals surface area contributed by atoms with Gasteiger partial charge in [-0.1, -0.05) is 36.4 Å². The number of halogens is 1. The van der Waals surface area contributed by atoms with Crippen LogP contribution in [0.3, 0.4) is 0 Å². The van der Waals surface area contributed by atoms with Crippen LogP contribution >= 0.6 is 0 Å². The molecule has 0 unspecified atom stereocenters. The maximum Gasteiger partial charge on any atom is 0.280 e. The summed E-state index contributed by atoms with van der Waals surface area (Å²) >= 11 is 0. The van der Waals surface area contributed by atoms with E-state index in [-0.39, 0.29) is 11.7 Å². The lowest BCUT2D eigenvalue weighted by Crippen LogP contribution is -2.21. The van der Waals surface area contributed by atoms with Crippen LogP contribution in [0.5, 0.6) is 11.5 Å². The fraction of sp³-hybridized carbons (Fsp3) is 0.120. The number of ether oxygens (including phenoxy) is 2. The van der Waals surface area contributed by atoms with E-state index in [1.54, 1.807) is 20.1 Å². The summed E-state index contributed by atoms with van der Waals surface area (Å²) in [6.45, 7) is 2.19. The summed E-state index contributed by atoms with van der Waals surface area (Å²) in [4.78, 5) is 12.9. The molecule has 3 aromatic carbocycles. The summed E-state index contributed by atoms with van der Waals surface area (Å²) < 4.78 is 24.6. The Bertz CT molecular complexity index is 1160. The van der Waals surface area contributed by atoms with Gasteiger partial charge in [-0.05, 0) is 60.5 Å². The van der Waals surface area contributed by atoms with Crippen LogP contribution in [0, 0.1) is 5.82 Å². The van der Waals surface area contributed by atoms with Crippen molar-refractivity contribution in [3.63, 3.8) is 0 Å². The molecule has 0 atom stereocenters. The SMILES string of the molecule is COc1cc(C=C2C(=O)N(c3ccc(F)cc3)N=C2C)ccc1OCc1ccccc1. The van der Waals surface area contributed by atoms with E-state index in [0.717, 1.165) is 11.1 Å². The first-order valence-electron chi connectivity index (χ1n) is 9.77. The van der Waals surface area contributed by atoms with Gasteiger partial charge in [-0.3, -0.25) is 4.79 Å². The van der Waals surface area contributed by atoms with E-state index >= 15 is 0 Å². The molecule has 0 saturated carbocycles. The Labute approximate surface area is 180 Å². The van der Waals surface area contributed by atoms with Crippen LogP contribution in [-0.2, 0) is 11.4 Å². The smallest absolute Gasteiger partial charge is 0.280 e. The number of benzene rings is 3. The predicted molar refractivity (Wildman–Crippen MR) is 119 cm³/mol. The molecule has 1 amide bonds. The highest BCUT2D eigenvalue weighted by molar-refractivity contribution is 6.32. The molecule has 0 radical (unpaired) electrons. The molecule has 0 fully saturated rings. The third-order valence-electron chi connectivity index (χ3n) is 4.87. The molecule has 4 rings (SSSR count). The second-order valence-corrected chi connectivity index (χ2v) is 7.02. The van der Waals surface area contributed by atoms with E-state index < -0.39 is 0 Å². The van der Waals surface area contributed by atoms with Crippen molar-refractivity contribution in [2.75, 3.05) is 12.1 Å². The lowest BCUT2D eigenvalue weighted by Gasteiger charge is -2.12. The molecule has 156 valence electrons. The van der Waals surface area contributed by atoms with Crippen LogP contribution in [0.4, 0.5) is 10.1 Å². The standard InChI is InChI=1S/C25H21FN2O3/c1-17-22(25(29)28(27-17)21-11-9-20(26)10-12-21)14-19-8-13-23(24(15-19)30-2)31-16-18-6-4-3-5-7-18/h3-15H,16H2,1-2H3. The Morgan fingerprint density at radius 1 is 1.00 bits per heavy atom. The predicted octanol–water partition coefficient (Wildman–Crippen LogP) is 5.22. The molecule has 0 N–H and O–H groups in total. The van der Waals surface area contributed by atoms with Gasteiger partial charge >= 0.3 is 0 Å². The summed E-state index contributed by atoms with van der Waals surface area (Å²) in [6, 6.07) is 21.0. The van der Waals surface area contributed by atoms with Gasteiger partial charge in [-0.2, -0.15) is 10.1 Å². The topological polar surface area (TPSA) is 51.1 Å². The highest BCUT2D eigenvalue weighted by Crippen LogP contribution is 2.31. The Kier molecular flexibility index (Phi) is 5.80. The van der Waals surface area contributed by atoms with E-state index in [9.17, 15) is 9.18 Å². The van der Waals surface area contributed by atoms with Crippen molar-refractivity contribution in [1.82, 2.24) is 0 Å². The zero-order valence-electron chi connectivity index (χ0n) is 17.2. The Hall–Kier alpha value is -3.93. The van der Waals surface area contributed by atoms with E-state index in [0.29, 0.717) is 35.1 Å². The maximum atomic E-state index is 13.2. The van der Waals surface area contributed by atoms with Crippen LogP contribution in [0.2, 0.25) is 0 Å². The molecular formula is C25H21FN2O3. The summed E-state index contributed by atoms with van der Waals surface area (Å²) in [7, 11) is 1.57. The Morgan fingerprint density at radius 2 is 1.74 bits per heavy atom. The second kappa shape index (κ2) is 8.83. The first kappa shape index (κ1) is 20.3. The molecule has 0 saturated heterocycles. The first-order chi connectivity index (χ1) is 15.0. The fourth-order valence-electron chi connectivity index (χ4n) is 3.24. The number of anilines is 1. The first-order valence-corrected chi connectivity index (χ1v) is 9.77. The van der Waals surface area contributed by atoms with Crippen molar-refractivity contribution in [2.45, 2.75) is 13.5 Å². The van der Waals surface area contributed by atoms with Crippen molar-refractivity contribution >= 4 is 23.4 Å². The number of methoxy groups -OCH3 is 1. The molecule has 0 bridgehead atoms. The number of nitrogens with zero attached hydrogens (tertiary/aromatic N) is 2. The van der Waals surface area contributed by atoms with Crippen LogP contribution in [0.15, 0.2) is 83.5 Å². The average molecular weight is 416 g/mol. The van der Waals surface area contributed by atoms with Crippen molar-refractivity contribution in [1.29, 1.82) is 0 Å². The molecular weight excluding hydrogens is 395 g/mol. The molecule has 0 aliphatic carbocycles. The number of hydrogen-bond donors (Lipinski definition) is 0. The van der Waals surface area contributed by atoms with Gasteiger partial charge in [0.2, 0.25) is 0 Å². The monoisotopic (exact) mass is 416 g/mol. The third kappa shape index (κ3) is 4.48. The minimum Gasteiger partial charge on any atom is -0.493 e. The van der Waals surface area contributed by atoms with E-state index in [1.807, 2.05) is 48.5 Å². The second-order valence-electron chi connectivity index (χ2n) is 7.02. The lowest BCUT2D eigenvalue weighted by atomic mass is 10.1. The molecule has 6 heteroatoms. The highest BCUT2D eigenvalue weighted by Gasteiger charge is 2.28. The molecule has 1 aliphatic rings. The third-order valence-corrected chi connectivity index (χ3v) is 4.87. The minimum absolute atomic E-state index is 0.271. The number of hydrazone groups is 1. The zero-order chi connectivity index (χ0) is 21.8. The Morgan fingerprint density at radius 3 is 2.45 bits per heavy atom. The quantitative estimate of drug-likeness (QED) is 0.518. The van der Waals surface area contributed by atoms with E-state index in [1.165, 1.54) is 29.3 Å². The summed E-state index contributed by atoms with van der Waals surface area (Å²) in [5.41, 5.74) is 3.39. The van der Waals surface area contributed by atoms with Gasteiger partial charge < -0.3 is 9.47 Å². The van der Waals surface area contributed by atoms with Crippen LogP contribution < -0.4 is 14.5 Å². The molecule has 31 heavy (non-hydrogen) atoms. The largest absolute Gasteiger partial charge is 0.493 e. The summed E-state index contributed by atoms with van der Waals surface area (Å²) in [6.07, 6.45) is 1.76. The fourth-order valence-corrected chi connectivity index (χ4v) is 3.24. The van der Waals surface area contributed by atoms with Gasteiger partial charge in [0.05, 0.1) is 24.1 Å². The van der Waals surface area contributed by atoms with Crippen molar-refractivity contribution in [3.05, 3.63) is 95.3 Å². The molecule has 1 aliphatic heterocycles. The average Bonchev–Trinajstić information content (AvgIpc) is 3.07. The number of carbonyl (C=O) groups is 1. The molecule has 0 aromatic heterocycles. The Balaban J connectivity index is 1.54. The van der Waals surface area contributed by atoms with Gasteiger partial charge in [0.1, 0.15) is 12.4 Å². The van der Waals surface area contributed by atoms with Crippen LogP contribution in [0.25, 0.3) is 6.08 Å². The lowest BCUT2D eigenvalue weighted by molar-refractivity contribution is -0.114. The van der Waals surface area contributed by atoms with Crippen molar-refractivity contribution in [2.24, 2.45) is 5.10 Å². The summed E-state index contributed by atoms with van der Waals surface area (Å²) in [5, 5.41) is 5.60. The normalized spacial score (nSPS) is 14.7. The van der Waals surface area contributed by atoms with Gasteiger partial charge in [0, 0.05) is 0 Å². The van der Waals surface area contributed by atoms with Crippen molar-refractivity contribution < 1.29 is 18.7 Å². The zero-order valence-corrected chi connectivity index (χ0v) is 17.2. The highest BCUT2D eigenvalue weighted by atomic mass is 19.1. The molecule has 5 nitrogen and oxygen atoms in total. The van der Waals surface area contributed by atoms with E-state index in [4.69, 9.17) is 9.47 Å². The number of hydrogen-bond acceptors (Lipinski definition) is 4. The maximum absolute atomic E-state index is 13.2. The van der Waals surface area contributed by atoms with Crippen LogP contribution in [0.1, 0.15) is 18.1 Å². The minimum atomic E-state index is -0.367. The number of amides is 1. The number of carbonyl (C=O) groups excluding carboxylic acids is 1.